The number of aromatic nitrogens is 1. The third kappa shape index (κ3) is 6.32. The maximum absolute atomic E-state index is 12.6. The normalized spacial score (nSPS) is 11.1. The van der Waals surface area contributed by atoms with Gasteiger partial charge in [0.05, 0.1) is 14.2 Å². The van der Waals surface area contributed by atoms with Crippen LogP contribution in [0.2, 0.25) is 10.0 Å². The topological polar surface area (TPSA) is 76.3 Å². The van der Waals surface area contributed by atoms with Gasteiger partial charge in [-0.3, -0.25) is 4.79 Å². The van der Waals surface area contributed by atoms with Crippen molar-refractivity contribution in [3.8, 4) is 17.6 Å². The molecule has 0 aliphatic rings. The summed E-state index contributed by atoms with van der Waals surface area (Å²) in [6.07, 6.45) is 4.01. The first-order valence-electron chi connectivity index (χ1n) is 10.1. The number of hydrogen-bond acceptors (Lipinski definition) is 4. The molecule has 0 radical (unpaired) electrons. The smallest absolute Gasteiger partial charge is 0.262 e. The van der Waals surface area contributed by atoms with Crippen LogP contribution in [0, 0.1) is 11.3 Å². The molecule has 1 aromatic heterocycles. The molecule has 33 heavy (non-hydrogen) atoms. The first kappa shape index (κ1) is 24.2. The fourth-order valence-corrected chi connectivity index (χ4v) is 3.75. The van der Waals surface area contributed by atoms with Gasteiger partial charge in [0.15, 0.2) is 11.5 Å². The highest BCUT2D eigenvalue weighted by Gasteiger charge is 2.12. The number of halogens is 2. The third-order valence-electron chi connectivity index (χ3n) is 5.02. The minimum Gasteiger partial charge on any atom is -0.493 e. The van der Waals surface area contributed by atoms with Gasteiger partial charge in [0, 0.05) is 35.0 Å². The average Bonchev–Trinajstić information content (AvgIpc) is 3.25. The minimum atomic E-state index is -0.435. The van der Waals surface area contributed by atoms with Crippen LogP contribution in [0.4, 0.5) is 0 Å². The second kappa shape index (κ2) is 11.5. The summed E-state index contributed by atoms with van der Waals surface area (Å²) in [6.45, 7) is 0.850. The summed E-state index contributed by atoms with van der Waals surface area (Å²) in [5.74, 6) is 0.832. The number of nitrogens with zero attached hydrogens (tertiary/aromatic N) is 2. The molecular formula is C25H23Cl2N3O3. The number of benzene rings is 2. The highest BCUT2D eigenvalue weighted by atomic mass is 35.5. The molecule has 6 nitrogen and oxygen atoms in total. The van der Waals surface area contributed by atoms with Crippen molar-refractivity contribution in [1.82, 2.24) is 9.88 Å². The largest absolute Gasteiger partial charge is 0.493 e. The number of ether oxygens (including phenoxy) is 2. The molecule has 0 bridgehead atoms. The van der Waals surface area contributed by atoms with Crippen LogP contribution < -0.4 is 14.8 Å². The number of nitrogens with one attached hydrogen (secondary N) is 1. The summed E-state index contributed by atoms with van der Waals surface area (Å²) in [4.78, 5) is 12.6. The summed E-state index contributed by atoms with van der Waals surface area (Å²) in [5.41, 5.74) is 2.59. The first-order valence-corrected chi connectivity index (χ1v) is 10.9. The minimum absolute atomic E-state index is 0.0180. The Kier molecular flexibility index (Phi) is 8.42. The number of carbonyl (C=O) groups excluding carboxylic acids is 1. The molecule has 0 aliphatic carbocycles. The van der Waals surface area contributed by atoms with Crippen molar-refractivity contribution in [3.63, 3.8) is 0 Å². The molecule has 0 saturated heterocycles. The van der Waals surface area contributed by atoms with E-state index in [9.17, 15) is 10.1 Å². The van der Waals surface area contributed by atoms with E-state index in [2.05, 4.69) is 5.32 Å². The number of amides is 1. The van der Waals surface area contributed by atoms with Crippen LogP contribution >= 0.6 is 23.2 Å². The molecule has 0 unspecified atom stereocenters. The molecule has 0 aliphatic heterocycles. The summed E-state index contributed by atoms with van der Waals surface area (Å²) in [5, 5.41) is 13.5. The van der Waals surface area contributed by atoms with Gasteiger partial charge < -0.3 is 19.4 Å². The number of rotatable bonds is 9. The molecule has 1 amide bonds. The molecule has 3 rings (SSSR count). The molecule has 1 N–H and O–H groups in total. The summed E-state index contributed by atoms with van der Waals surface area (Å²) < 4.78 is 12.4. The lowest BCUT2D eigenvalue weighted by atomic mass is 10.1. The fraction of sp³-hybridized carbons (Fsp3) is 0.200. The molecule has 3 aromatic rings. The Morgan fingerprint density at radius 3 is 2.61 bits per heavy atom. The molecule has 2 aromatic carbocycles. The number of hydrogen-bond donors (Lipinski definition) is 1. The van der Waals surface area contributed by atoms with Crippen LogP contribution in [0.1, 0.15) is 16.8 Å². The van der Waals surface area contributed by atoms with Crippen LogP contribution in [0.3, 0.4) is 0 Å². The van der Waals surface area contributed by atoms with Crippen LogP contribution in [0.5, 0.6) is 11.5 Å². The number of carbonyl (C=O) groups is 1. The van der Waals surface area contributed by atoms with E-state index in [0.717, 1.165) is 11.1 Å². The molecule has 0 saturated carbocycles. The summed E-state index contributed by atoms with van der Waals surface area (Å²) in [7, 11) is 3.15. The Bertz CT molecular complexity index is 1210. The van der Waals surface area contributed by atoms with Crippen LogP contribution in [0.25, 0.3) is 6.08 Å². The van der Waals surface area contributed by atoms with E-state index in [4.69, 9.17) is 32.7 Å². The van der Waals surface area contributed by atoms with E-state index in [1.807, 2.05) is 53.2 Å². The van der Waals surface area contributed by atoms with Gasteiger partial charge in [0.2, 0.25) is 0 Å². The molecule has 0 fully saturated rings. The van der Waals surface area contributed by atoms with Crippen molar-refractivity contribution in [1.29, 1.82) is 5.26 Å². The Hall–Kier alpha value is -3.40. The molecule has 1 heterocycles. The van der Waals surface area contributed by atoms with Gasteiger partial charge >= 0.3 is 0 Å². The molecule has 0 spiro atoms. The zero-order valence-corrected chi connectivity index (χ0v) is 19.8. The highest BCUT2D eigenvalue weighted by Crippen LogP contribution is 2.27. The van der Waals surface area contributed by atoms with Gasteiger partial charge in [-0.15, -0.1) is 0 Å². The van der Waals surface area contributed by atoms with E-state index in [1.165, 1.54) is 0 Å². The van der Waals surface area contributed by atoms with E-state index in [1.54, 1.807) is 32.4 Å². The Balaban J connectivity index is 1.66. The Morgan fingerprint density at radius 2 is 1.91 bits per heavy atom. The van der Waals surface area contributed by atoms with E-state index in [-0.39, 0.29) is 5.57 Å². The predicted octanol–water partition coefficient (Wildman–Crippen LogP) is 5.13. The predicted molar refractivity (Wildman–Crippen MR) is 130 cm³/mol. The van der Waals surface area contributed by atoms with Crippen molar-refractivity contribution < 1.29 is 14.3 Å². The molecule has 8 heteroatoms. The second-order valence-electron chi connectivity index (χ2n) is 7.16. The van der Waals surface area contributed by atoms with Gasteiger partial charge in [-0.05, 0) is 60.0 Å². The molecule has 170 valence electrons. The van der Waals surface area contributed by atoms with Gasteiger partial charge in [-0.1, -0.05) is 35.3 Å². The van der Waals surface area contributed by atoms with Crippen LogP contribution in [-0.2, 0) is 17.8 Å². The van der Waals surface area contributed by atoms with Crippen molar-refractivity contribution in [2.75, 3.05) is 20.8 Å². The fourth-order valence-electron chi connectivity index (χ4n) is 3.28. The van der Waals surface area contributed by atoms with Crippen molar-refractivity contribution in [2.24, 2.45) is 0 Å². The summed E-state index contributed by atoms with van der Waals surface area (Å²) >= 11 is 12.3. The third-order valence-corrected chi connectivity index (χ3v) is 5.61. The lowest BCUT2D eigenvalue weighted by Gasteiger charge is -2.10. The average molecular weight is 484 g/mol. The number of nitriles is 1. The monoisotopic (exact) mass is 483 g/mol. The lowest BCUT2D eigenvalue weighted by Crippen LogP contribution is -2.26. The van der Waals surface area contributed by atoms with Crippen molar-refractivity contribution in [2.45, 2.75) is 13.0 Å². The van der Waals surface area contributed by atoms with Crippen molar-refractivity contribution >= 4 is 35.2 Å². The van der Waals surface area contributed by atoms with Gasteiger partial charge in [0.25, 0.3) is 5.91 Å². The maximum atomic E-state index is 12.6. The molecule has 0 atom stereocenters. The molecular weight excluding hydrogens is 461 g/mol. The van der Waals surface area contributed by atoms with Crippen molar-refractivity contribution in [3.05, 3.63) is 87.2 Å². The van der Waals surface area contributed by atoms with E-state index in [0.29, 0.717) is 46.7 Å². The first-order chi connectivity index (χ1) is 15.9. The SMILES string of the molecule is COc1ccc(CCNC(=O)C(C#N)=Cc2cccn2Cc2ccc(Cl)cc2Cl)cc1OC. The van der Waals surface area contributed by atoms with Gasteiger partial charge in [-0.25, -0.2) is 0 Å². The second-order valence-corrected chi connectivity index (χ2v) is 8.01. The summed E-state index contributed by atoms with van der Waals surface area (Å²) in [6, 6.07) is 16.6. The van der Waals surface area contributed by atoms with E-state index < -0.39 is 5.91 Å². The maximum Gasteiger partial charge on any atom is 0.262 e. The van der Waals surface area contributed by atoms with Crippen LogP contribution in [0.15, 0.2) is 60.3 Å². The number of methoxy groups -OCH3 is 2. The Morgan fingerprint density at radius 1 is 1.12 bits per heavy atom. The van der Waals surface area contributed by atoms with Crippen LogP contribution in [-0.4, -0.2) is 31.2 Å². The van der Waals surface area contributed by atoms with Gasteiger partial charge in [-0.2, -0.15) is 5.26 Å². The lowest BCUT2D eigenvalue weighted by molar-refractivity contribution is -0.117. The zero-order valence-electron chi connectivity index (χ0n) is 18.3. The van der Waals surface area contributed by atoms with E-state index >= 15 is 0 Å². The zero-order chi connectivity index (χ0) is 23.8. The Labute approximate surface area is 202 Å². The van der Waals surface area contributed by atoms with Gasteiger partial charge in [0.1, 0.15) is 11.6 Å². The standard InChI is InChI=1S/C25H23Cl2N3O3/c1-32-23-8-5-17(12-24(23)33-2)9-10-29-25(31)19(15-28)13-21-4-3-11-30(21)16-18-6-7-20(26)14-22(18)27/h3-8,11-14H,9-10,16H2,1-2H3,(H,29,31). The highest BCUT2D eigenvalue weighted by molar-refractivity contribution is 6.35. The quantitative estimate of drug-likeness (QED) is 0.338.